The van der Waals surface area contributed by atoms with Crippen molar-refractivity contribution in [1.82, 2.24) is 4.90 Å². The fraction of sp³-hybridized carbons (Fsp3) is 0.538. The van der Waals surface area contributed by atoms with Gasteiger partial charge in [0.25, 0.3) is 0 Å². The Balaban J connectivity index is 2.54. The van der Waals surface area contributed by atoms with E-state index in [1.54, 1.807) is 0 Å². The van der Waals surface area contributed by atoms with Crippen LogP contribution in [0.3, 0.4) is 0 Å². The Morgan fingerprint density at radius 3 is 2.71 bits per heavy atom. The minimum atomic E-state index is 0.776. The molecular formula is C13H21BrN2O. The minimum absolute atomic E-state index is 0.776. The summed E-state index contributed by atoms with van der Waals surface area (Å²) >= 11 is 3.42. The van der Waals surface area contributed by atoms with E-state index in [0.29, 0.717) is 0 Å². The van der Waals surface area contributed by atoms with Crippen molar-refractivity contribution in [2.45, 2.75) is 20.4 Å². The Morgan fingerprint density at radius 1 is 1.35 bits per heavy atom. The quantitative estimate of drug-likeness (QED) is 0.621. The largest absolute Gasteiger partial charge is 0.398 e. The molecule has 0 radical (unpaired) electrons. The number of ether oxygens (including phenoxy) is 1. The molecule has 0 amide bonds. The molecule has 0 saturated carbocycles. The van der Waals surface area contributed by atoms with Gasteiger partial charge in [0, 0.05) is 29.9 Å². The number of rotatable bonds is 7. The molecule has 1 aromatic carbocycles. The summed E-state index contributed by atoms with van der Waals surface area (Å²) < 4.78 is 6.40. The number of hydrogen-bond acceptors (Lipinski definition) is 3. The average molecular weight is 301 g/mol. The molecular weight excluding hydrogens is 280 g/mol. The summed E-state index contributed by atoms with van der Waals surface area (Å²) in [5.74, 6) is 0. The first-order valence-electron chi connectivity index (χ1n) is 6.01. The van der Waals surface area contributed by atoms with Crippen LogP contribution in [0.15, 0.2) is 22.7 Å². The molecule has 0 saturated heterocycles. The van der Waals surface area contributed by atoms with E-state index in [1.165, 1.54) is 5.56 Å². The van der Waals surface area contributed by atoms with Gasteiger partial charge in [-0.1, -0.05) is 28.9 Å². The maximum Gasteiger partial charge on any atom is 0.0593 e. The lowest BCUT2D eigenvalue weighted by atomic mass is 10.1. The number of benzene rings is 1. The third-order valence-electron chi connectivity index (χ3n) is 2.71. The van der Waals surface area contributed by atoms with Gasteiger partial charge in [0.1, 0.15) is 0 Å². The minimum Gasteiger partial charge on any atom is -0.398 e. The molecule has 4 heteroatoms. The summed E-state index contributed by atoms with van der Waals surface area (Å²) in [6, 6.07) is 6.05. The van der Waals surface area contributed by atoms with Gasteiger partial charge >= 0.3 is 0 Å². The van der Waals surface area contributed by atoms with Crippen molar-refractivity contribution in [2.75, 3.05) is 32.0 Å². The monoisotopic (exact) mass is 300 g/mol. The van der Waals surface area contributed by atoms with Crippen molar-refractivity contribution >= 4 is 21.6 Å². The Bertz CT molecular complexity index is 344. The first kappa shape index (κ1) is 14.5. The van der Waals surface area contributed by atoms with Gasteiger partial charge in [-0.25, -0.2) is 0 Å². The van der Waals surface area contributed by atoms with Crippen LogP contribution in [0, 0.1) is 0 Å². The van der Waals surface area contributed by atoms with Gasteiger partial charge < -0.3 is 10.5 Å². The summed E-state index contributed by atoms with van der Waals surface area (Å²) in [5.41, 5.74) is 8.01. The maximum absolute atomic E-state index is 5.99. The molecule has 1 aromatic rings. The summed E-state index contributed by atoms with van der Waals surface area (Å²) in [6.45, 7) is 8.55. The zero-order valence-electron chi connectivity index (χ0n) is 10.6. The Labute approximate surface area is 112 Å². The van der Waals surface area contributed by atoms with E-state index < -0.39 is 0 Å². The van der Waals surface area contributed by atoms with Crippen molar-refractivity contribution in [3.05, 3.63) is 28.2 Å². The summed E-state index contributed by atoms with van der Waals surface area (Å²) in [7, 11) is 0. The van der Waals surface area contributed by atoms with E-state index in [2.05, 4.69) is 33.8 Å². The molecule has 0 aliphatic rings. The SMILES string of the molecule is CCOCCN(CC)Cc1ccc(Br)cc1N. The van der Waals surface area contributed by atoms with Gasteiger partial charge in [-0.15, -0.1) is 0 Å². The fourth-order valence-corrected chi connectivity index (χ4v) is 2.02. The van der Waals surface area contributed by atoms with Crippen LogP contribution in [-0.2, 0) is 11.3 Å². The summed E-state index contributed by atoms with van der Waals surface area (Å²) in [4.78, 5) is 2.33. The molecule has 0 aliphatic heterocycles. The smallest absolute Gasteiger partial charge is 0.0593 e. The Hall–Kier alpha value is -0.580. The molecule has 0 aromatic heterocycles. The fourth-order valence-electron chi connectivity index (χ4n) is 1.64. The first-order valence-corrected chi connectivity index (χ1v) is 6.80. The lowest BCUT2D eigenvalue weighted by molar-refractivity contribution is 0.113. The van der Waals surface area contributed by atoms with E-state index in [4.69, 9.17) is 10.5 Å². The molecule has 2 N–H and O–H groups in total. The van der Waals surface area contributed by atoms with Crippen LogP contribution in [0.1, 0.15) is 19.4 Å². The normalized spacial score (nSPS) is 11.1. The zero-order valence-corrected chi connectivity index (χ0v) is 12.2. The van der Waals surface area contributed by atoms with Crippen molar-refractivity contribution in [3.8, 4) is 0 Å². The van der Waals surface area contributed by atoms with Crippen LogP contribution >= 0.6 is 15.9 Å². The molecule has 3 nitrogen and oxygen atoms in total. The highest BCUT2D eigenvalue weighted by molar-refractivity contribution is 9.10. The highest BCUT2D eigenvalue weighted by atomic mass is 79.9. The number of nitrogens with two attached hydrogens (primary N) is 1. The summed E-state index contributed by atoms with van der Waals surface area (Å²) in [6.07, 6.45) is 0. The van der Waals surface area contributed by atoms with Crippen LogP contribution in [0.5, 0.6) is 0 Å². The van der Waals surface area contributed by atoms with Gasteiger partial charge in [-0.05, 0) is 31.2 Å². The Morgan fingerprint density at radius 2 is 2.12 bits per heavy atom. The van der Waals surface area contributed by atoms with E-state index in [1.807, 2.05) is 19.1 Å². The average Bonchev–Trinajstić information content (AvgIpc) is 2.31. The second-order valence-electron chi connectivity index (χ2n) is 3.91. The van der Waals surface area contributed by atoms with Gasteiger partial charge in [0.2, 0.25) is 0 Å². The van der Waals surface area contributed by atoms with E-state index in [9.17, 15) is 0 Å². The van der Waals surface area contributed by atoms with E-state index >= 15 is 0 Å². The van der Waals surface area contributed by atoms with Crippen molar-refractivity contribution in [2.24, 2.45) is 0 Å². The molecule has 0 aliphatic carbocycles. The highest BCUT2D eigenvalue weighted by Crippen LogP contribution is 2.19. The van der Waals surface area contributed by atoms with E-state index in [0.717, 1.165) is 43.0 Å². The predicted octanol–water partition coefficient (Wildman–Crippen LogP) is 2.89. The number of anilines is 1. The van der Waals surface area contributed by atoms with Crippen LogP contribution in [0.2, 0.25) is 0 Å². The van der Waals surface area contributed by atoms with Crippen molar-refractivity contribution in [3.63, 3.8) is 0 Å². The van der Waals surface area contributed by atoms with Crippen molar-refractivity contribution < 1.29 is 4.74 Å². The molecule has 96 valence electrons. The Kier molecular flexibility index (Phi) is 6.55. The standard InChI is InChI=1S/C13H21BrN2O/c1-3-16(7-8-17-4-2)10-11-5-6-12(14)9-13(11)15/h5-6,9H,3-4,7-8,10,15H2,1-2H3. The van der Waals surface area contributed by atoms with Crippen LogP contribution in [0.4, 0.5) is 5.69 Å². The third kappa shape index (κ3) is 5.06. The van der Waals surface area contributed by atoms with Crippen molar-refractivity contribution in [1.29, 1.82) is 0 Å². The molecule has 1 rings (SSSR count). The van der Waals surface area contributed by atoms with Gasteiger partial charge in [0.15, 0.2) is 0 Å². The molecule has 17 heavy (non-hydrogen) atoms. The van der Waals surface area contributed by atoms with Gasteiger partial charge in [0.05, 0.1) is 6.61 Å². The predicted molar refractivity (Wildman–Crippen MR) is 76.0 cm³/mol. The number of hydrogen-bond donors (Lipinski definition) is 1. The lowest BCUT2D eigenvalue weighted by Gasteiger charge is -2.21. The lowest BCUT2D eigenvalue weighted by Crippen LogP contribution is -2.27. The summed E-state index contributed by atoms with van der Waals surface area (Å²) in [5, 5.41) is 0. The second kappa shape index (κ2) is 7.69. The van der Waals surface area contributed by atoms with Crippen LogP contribution in [0.25, 0.3) is 0 Å². The van der Waals surface area contributed by atoms with E-state index in [-0.39, 0.29) is 0 Å². The molecule has 0 atom stereocenters. The highest BCUT2D eigenvalue weighted by Gasteiger charge is 2.06. The first-order chi connectivity index (χ1) is 8.17. The second-order valence-corrected chi connectivity index (χ2v) is 4.82. The molecule has 0 bridgehead atoms. The molecule has 0 heterocycles. The topological polar surface area (TPSA) is 38.5 Å². The van der Waals surface area contributed by atoms with Gasteiger partial charge in [-0.3, -0.25) is 4.90 Å². The third-order valence-corrected chi connectivity index (χ3v) is 3.20. The number of halogens is 1. The number of nitrogens with zero attached hydrogens (tertiary/aromatic N) is 1. The zero-order chi connectivity index (χ0) is 12.7. The number of nitrogen functional groups attached to an aromatic ring is 1. The van der Waals surface area contributed by atoms with Crippen LogP contribution in [-0.4, -0.2) is 31.2 Å². The van der Waals surface area contributed by atoms with Gasteiger partial charge in [-0.2, -0.15) is 0 Å². The number of likely N-dealkylation sites (N-methyl/N-ethyl adjacent to an activating group) is 1. The molecule has 0 fully saturated rings. The maximum atomic E-state index is 5.99. The molecule has 0 unspecified atom stereocenters. The van der Waals surface area contributed by atoms with Crippen LogP contribution < -0.4 is 5.73 Å². The molecule has 0 spiro atoms.